The summed E-state index contributed by atoms with van der Waals surface area (Å²) in [4.78, 5) is 12.6. The van der Waals surface area contributed by atoms with Gasteiger partial charge in [0.1, 0.15) is 11.5 Å². The topological polar surface area (TPSA) is 87.0 Å². The van der Waals surface area contributed by atoms with Crippen molar-refractivity contribution in [1.29, 1.82) is 0 Å². The van der Waals surface area contributed by atoms with Gasteiger partial charge in [0.15, 0.2) is 11.6 Å². The fourth-order valence-corrected chi connectivity index (χ4v) is 3.11. The summed E-state index contributed by atoms with van der Waals surface area (Å²) in [6, 6.07) is 6.05. The number of halogens is 3. The number of hydrogen-bond acceptors (Lipinski definition) is 7. The fraction of sp³-hybridized carbons (Fsp3) is 0.158. The Hall–Kier alpha value is -3.53. The lowest BCUT2D eigenvalue weighted by molar-refractivity contribution is -0.0498. The van der Waals surface area contributed by atoms with Crippen LogP contribution in [0.4, 0.5) is 20.4 Å². The zero-order valence-corrected chi connectivity index (χ0v) is 16.6. The van der Waals surface area contributed by atoms with E-state index < -0.39 is 6.61 Å². The van der Waals surface area contributed by atoms with Gasteiger partial charge in [-0.2, -0.15) is 13.9 Å². The van der Waals surface area contributed by atoms with Crippen LogP contribution in [0.3, 0.4) is 0 Å². The number of alkyl halides is 2. The van der Waals surface area contributed by atoms with Gasteiger partial charge in [-0.3, -0.25) is 0 Å². The molecule has 154 valence electrons. The third kappa shape index (κ3) is 3.81. The number of anilines is 2. The fourth-order valence-electron chi connectivity index (χ4n) is 2.94. The van der Waals surface area contributed by atoms with Crippen molar-refractivity contribution >= 4 is 34.1 Å². The molecule has 3 heterocycles. The average Bonchev–Trinajstić information content (AvgIpc) is 3.05. The van der Waals surface area contributed by atoms with Gasteiger partial charge in [0.25, 0.3) is 5.88 Å². The van der Waals surface area contributed by atoms with E-state index in [1.54, 1.807) is 19.2 Å². The van der Waals surface area contributed by atoms with Crippen molar-refractivity contribution in [2.75, 3.05) is 12.4 Å². The maximum atomic E-state index is 12.9. The van der Waals surface area contributed by atoms with Crippen LogP contribution in [0.5, 0.6) is 11.6 Å². The molecule has 4 aromatic rings. The van der Waals surface area contributed by atoms with Crippen LogP contribution < -0.4 is 14.8 Å². The molecule has 0 bridgehead atoms. The van der Waals surface area contributed by atoms with Gasteiger partial charge in [0.2, 0.25) is 0 Å². The first-order valence-corrected chi connectivity index (χ1v) is 9.06. The maximum absolute atomic E-state index is 12.9. The molecule has 0 radical (unpaired) electrons. The van der Waals surface area contributed by atoms with Gasteiger partial charge in [0, 0.05) is 35.1 Å². The van der Waals surface area contributed by atoms with Crippen molar-refractivity contribution in [2.45, 2.75) is 13.5 Å². The van der Waals surface area contributed by atoms with Crippen molar-refractivity contribution in [3.05, 3.63) is 53.6 Å². The van der Waals surface area contributed by atoms with Crippen molar-refractivity contribution in [2.24, 2.45) is 0 Å². The summed E-state index contributed by atoms with van der Waals surface area (Å²) in [6.07, 6.45) is 4.64. The Balaban J connectivity index is 1.83. The molecule has 1 aromatic carbocycles. The van der Waals surface area contributed by atoms with Crippen LogP contribution in [0.2, 0.25) is 5.02 Å². The summed E-state index contributed by atoms with van der Waals surface area (Å²) in [5.41, 5.74) is 1.54. The van der Waals surface area contributed by atoms with Crippen molar-refractivity contribution in [3.8, 4) is 17.3 Å². The Kier molecular flexibility index (Phi) is 5.32. The lowest BCUT2D eigenvalue weighted by Crippen LogP contribution is -2.07. The third-order valence-electron chi connectivity index (χ3n) is 4.22. The molecule has 8 nitrogen and oxygen atoms in total. The highest BCUT2D eigenvalue weighted by Gasteiger charge is 2.17. The summed E-state index contributed by atoms with van der Waals surface area (Å²) in [6.45, 7) is -1.20. The van der Waals surface area contributed by atoms with E-state index in [1.165, 1.54) is 42.4 Å². The molecular formula is C19H15ClF2N6O2. The second kappa shape index (κ2) is 8.07. The van der Waals surface area contributed by atoms with E-state index in [2.05, 4.69) is 30.1 Å². The molecule has 30 heavy (non-hydrogen) atoms. The van der Waals surface area contributed by atoms with Crippen molar-refractivity contribution < 1.29 is 18.3 Å². The number of pyridine rings is 1. The summed E-state index contributed by atoms with van der Waals surface area (Å²) < 4.78 is 37.1. The SMILES string of the molecule is COc1nccnc1Nc1cc2c(cn1)c(C)nn2-c1cc(Cl)ccc1OC(F)F. The summed E-state index contributed by atoms with van der Waals surface area (Å²) in [5, 5.41) is 8.58. The number of ether oxygens (including phenoxy) is 2. The largest absolute Gasteiger partial charge is 0.478 e. The highest BCUT2D eigenvalue weighted by molar-refractivity contribution is 6.30. The first-order chi connectivity index (χ1) is 14.5. The molecular weight excluding hydrogens is 418 g/mol. The van der Waals surface area contributed by atoms with Crippen LogP contribution in [0.25, 0.3) is 16.6 Å². The Morgan fingerprint density at radius 2 is 1.93 bits per heavy atom. The second-order valence-corrected chi connectivity index (χ2v) is 6.55. The van der Waals surface area contributed by atoms with Gasteiger partial charge in [-0.05, 0) is 25.1 Å². The summed E-state index contributed by atoms with van der Waals surface area (Å²) in [7, 11) is 1.48. The van der Waals surface area contributed by atoms with Gasteiger partial charge < -0.3 is 14.8 Å². The van der Waals surface area contributed by atoms with E-state index in [0.29, 0.717) is 33.7 Å². The van der Waals surface area contributed by atoms with E-state index in [9.17, 15) is 8.78 Å². The minimum atomic E-state index is -2.99. The molecule has 0 spiro atoms. The third-order valence-corrected chi connectivity index (χ3v) is 4.45. The van der Waals surface area contributed by atoms with Gasteiger partial charge in [-0.25, -0.2) is 19.6 Å². The van der Waals surface area contributed by atoms with E-state index in [-0.39, 0.29) is 11.4 Å². The lowest BCUT2D eigenvalue weighted by Gasteiger charge is -2.12. The Morgan fingerprint density at radius 3 is 2.70 bits per heavy atom. The molecule has 0 saturated carbocycles. The molecule has 0 aliphatic carbocycles. The maximum Gasteiger partial charge on any atom is 0.387 e. The first kappa shape index (κ1) is 19.8. The minimum Gasteiger partial charge on any atom is -0.478 e. The first-order valence-electron chi connectivity index (χ1n) is 8.68. The van der Waals surface area contributed by atoms with E-state index in [4.69, 9.17) is 16.3 Å². The monoisotopic (exact) mass is 432 g/mol. The zero-order valence-electron chi connectivity index (χ0n) is 15.8. The van der Waals surface area contributed by atoms with Crippen molar-refractivity contribution in [3.63, 3.8) is 0 Å². The molecule has 11 heteroatoms. The Labute approximate surface area is 174 Å². The molecule has 0 fully saturated rings. The predicted molar refractivity (Wildman–Crippen MR) is 107 cm³/mol. The average molecular weight is 433 g/mol. The van der Waals surface area contributed by atoms with Crippen LogP contribution in [0, 0.1) is 6.92 Å². The molecule has 0 atom stereocenters. The molecule has 0 unspecified atom stereocenters. The second-order valence-electron chi connectivity index (χ2n) is 6.11. The normalized spacial score (nSPS) is 11.1. The van der Waals surface area contributed by atoms with Gasteiger partial charge in [-0.1, -0.05) is 11.6 Å². The van der Waals surface area contributed by atoms with Crippen LogP contribution in [0.15, 0.2) is 42.9 Å². The minimum absolute atomic E-state index is 0.0549. The van der Waals surface area contributed by atoms with E-state index >= 15 is 0 Å². The van der Waals surface area contributed by atoms with Crippen LogP contribution in [-0.2, 0) is 0 Å². The highest BCUT2D eigenvalue weighted by Crippen LogP contribution is 2.32. The van der Waals surface area contributed by atoms with Crippen LogP contribution in [0.1, 0.15) is 5.69 Å². The van der Waals surface area contributed by atoms with Crippen molar-refractivity contribution in [1.82, 2.24) is 24.7 Å². The number of aryl methyl sites for hydroxylation is 1. The van der Waals surface area contributed by atoms with Gasteiger partial charge >= 0.3 is 6.61 Å². The lowest BCUT2D eigenvalue weighted by atomic mass is 10.2. The standard InChI is InChI=1S/C19H15ClF2N6O2/c1-10-12-9-25-16(26-17-18(29-2)24-6-5-23-17)8-13(12)28(27-10)14-7-11(20)3-4-15(14)30-19(21)22/h3-9,19H,1-2H3,(H,23,25,26). The Bertz CT molecular complexity index is 1220. The zero-order chi connectivity index (χ0) is 21.3. The molecule has 3 aromatic heterocycles. The number of aromatic nitrogens is 5. The highest BCUT2D eigenvalue weighted by atomic mass is 35.5. The van der Waals surface area contributed by atoms with Gasteiger partial charge in [0.05, 0.1) is 18.3 Å². The summed E-state index contributed by atoms with van der Waals surface area (Å²) >= 11 is 6.10. The summed E-state index contributed by atoms with van der Waals surface area (Å²) in [5.74, 6) is 1.05. The number of nitrogens with one attached hydrogen (secondary N) is 1. The number of rotatable bonds is 6. The number of fused-ring (bicyclic) bond motifs is 1. The molecule has 0 amide bonds. The predicted octanol–water partition coefficient (Wildman–Crippen LogP) is 4.53. The van der Waals surface area contributed by atoms with Crippen LogP contribution in [-0.4, -0.2) is 38.5 Å². The molecule has 0 saturated heterocycles. The molecule has 0 aliphatic rings. The molecule has 0 aliphatic heterocycles. The van der Waals surface area contributed by atoms with Gasteiger partial charge in [-0.15, -0.1) is 0 Å². The Morgan fingerprint density at radius 1 is 1.13 bits per heavy atom. The van der Waals surface area contributed by atoms with E-state index in [1.807, 2.05) is 0 Å². The quantitative estimate of drug-likeness (QED) is 0.479. The smallest absolute Gasteiger partial charge is 0.387 e. The van der Waals surface area contributed by atoms with Crippen LogP contribution >= 0.6 is 11.6 Å². The number of hydrogen-bond donors (Lipinski definition) is 1. The number of nitrogens with zero attached hydrogens (tertiary/aromatic N) is 5. The number of benzene rings is 1. The number of methoxy groups -OCH3 is 1. The van der Waals surface area contributed by atoms with E-state index in [0.717, 1.165) is 5.39 Å². The molecule has 4 rings (SSSR count). The molecule has 1 N–H and O–H groups in total.